The van der Waals surface area contributed by atoms with Crippen LogP contribution in [0.25, 0.3) is 33.4 Å². The summed E-state index contributed by atoms with van der Waals surface area (Å²) in [7, 11) is 0. The van der Waals surface area contributed by atoms with E-state index in [2.05, 4.69) is 223 Å². The summed E-state index contributed by atoms with van der Waals surface area (Å²) in [5.74, 6) is 20.1. The summed E-state index contributed by atoms with van der Waals surface area (Å²) in [6.07, 6.45) is 0. The summed E-state index contributed by atoms with van der Waals surface area (Å²) < 4.78 is 0. The molecule has 0 amide bonds. The summed E-state index contributed by atoms with van der Waals surface area (Å²) in [6, 6.07) is 51.9. The van der Waals surface area contributed by atoms with Crippen molar-refractivity contribution in [2.24, 2.45) is 0 Å². The highest BCUT2D eigenvalue weighted by molar-refractivity contribution is 5.81. The fourth-order valence-electron chi connectivity index (χ4n) is 6.94. The van der Waals surface area contributed by atoms with E-state index in [1.165, 1.54) is 33.4 Å². The number of hydrogen-bond acceptors (Lipinski definition) is 0. The lowest BCUT2D eigenvalue weighted by molar-refractivity contribution is 1.37. The summed E-state index contributed by atoms with van der Waals surface area (Å²) in [4.78, 5) is 0. The number of hydrogen-bond donors (Lipinski definition) is 0. The van der Waals surface area contributed by atoms with Gasteiger partial charge in [-0.25, -0.2) is 0 Å². The van der Waals surface area contributed by atoms with Crippen LogP contribution >= 0.6 is 0 Å². The van der Waals surface area contributed by atoms with Gasteiger partial charge in [0.2, 0.25) is 0 Å². The minimum absolute atomic E-state index is 0.990. The van der Waals surface area contributed by atoms with Gasteiger partial charge in [-0.15, -0.1) is 0 Å². The summed E-state index contributed by atoms with van der Waals surface area (Å²) in [5.41, 5.74) is 20.3. The topological polar surface area (TPSA) is 0 Å². The second-order valence-corrected chi connectivity index (χ2v) is 14.4. The van der Waals surface area contributed by atoms with Gasteiger partial charge in [0.1, 0.15) is 0 Å². The SMILES string of the molecule is Cc1cc(C)cc(C#Cc2ccc(-c3cc(-c4ccc(C#Cc5cc(C)cc(C)c5)cc4)cc(-c4ccc(C#Cc5cc(C)cc(C)c5)cc4)c3)cc2)c1. The molecule has 7 rings (SSSR count). The molecule has 0 N–H and O–H groups in total. The zero-order chi connectivity index (χ0) is 37.6. The highest BCUT2D eigenvalue weighted by atomic mass is 14.1. The van der Waals surface area contributed by atoms with Crippen LogP contribution in [0.5, 0.6) is 0 Å². The standard InChI is InChI=1S/C54H42/c1-37-25-38(2)29-46(28-37)10-7-43-13-19-49(20-14-43)52-34-53(50-21-15-44(16-22-50)8-11-47-30-39(3)26-40(4)31-47)36-54(35-52)51-23-17-45(18-24-51)9-12-48-32-41(5)27-42(6)33-48/h13-36H,1-6H3. The van der Waals surface area contributed by atoms with Crippen molar-refractivity contribution in [1.29, 1.82) is 0 Å². The van der Waals surface area contributed by atoms with Gasteiger partial charge in [-0.05, 0) is 199 Å². The average molecular weight is 691 g/mol. The Morgan fingerprint density at radius 2 is 0.407 bits per heavy atom. The van der Waals surface area contributed by atoms with E-state index in [0.29, 0.717) is 0 Å². The molecule has 0 nitrogen and oxygen atoms in total. The summed E-state index contributed by atoms with van der Waals surface area (Å²) >= 11 is 0. The van der Waals surface area contributed by atoms with E-state index < -0.39 is 0 Å². The molecule has 0 aromatic heterocycles. The van der Waals surface area contributed by atoms with Gasteiger partial charge in [0.25, 0.3) is 0 Å². The molecule has 7 aromatic carbocycles. The second-order valence-electron chi connectivity index (χ2n) is 14.4. The average Bonchev–Trinajstić information content (AvgIpc) is 3.15. The largest absolute Gasteiger partial charge is 0.0617 e. The third kappa shape index (κ3) is 9.17. The Morgan fingerprint density at radius 1 is 0.204 bits per heavy atom. The quantitative estimate of drug-likeness (QED) is 0.162. The van der Waals surface area contributed by atoms with Gasteiger partial charge < -0.3 is 0 Å². The molecule has 0 saturated carbocycles. The van der Waals surface area contributed by atoms with E-state index in [0.717, 1.165) is 66.8 Å². The van der Waals surface area contributed by atoms with Gasteiger partial charge in [-0.3, -0.25) is 0 Å². The Labute approximate surface area is 321 Å². The molecule has 0 aliphatic heterocycles. The van der Waals surface area contributed by atoms with Crippen LogP contribution in [0.2, 0.25) is 0 Å². The van der Waals surface area contributed by atoms with Crippen molar-refractivity contribution in [2.45, 2.75) is 41.5 Å². The molecule has 0 aliphatic carbocycles. The Bertz CT molecular complexity index is 2310. The molecule has 54 heavy (non-hydrogen) atoms. The molecule has 258 valence electrons. The fraction of sp³-hybridized carbons (Fsp3) is 0.111. The highest BCUT2D eigenvalue weighted by Gasteiger charge is 2.09. The van der Waals surface area contributed by atoms with E-state index in [4.69, 9.17) is 0 Å². The lowest BCUT2D eigenvalue weighted by atomic mass is 9.92. The molecule has 0 spiro atoms. The van der Waals surface area contributed by atoms with Crippen LogP contribution in [0, 0.1) is 77.1 Å². The number of rotatable bonds is 3. The van der Waals surface area contributed by atoms with Gasteiger partial charge in [0.15, 0.2) is 0 Å². The van der Waals surface area contributed by atoms with Gasteiger partial charge in [-0.2, -0.15) is 0 Å². The normalized spacial score (nSPS) is 10.3. The summed E-state index contributed by atoms with van der Waals surface area (Å²) in [5, 5.41) is 0. The van der Waals surface area contributed by atoms with E-state index in [-0.39, 0.29) is 0 Å². The number of aryl methyl sites for hydroxylation is 6. The van der Waals surface area contributed by atoms with Crippen LogP contribution in [0.3, 0.4) is 0 Å². The predicted molar refractivity (Wildman–Crippen MR) is 228 cm³/mol. The van der Waals surface area contributed by atoms with E-state index >= 15 is 0 Å². The van der Waals surface area contributed by atoms with E-state index in [9.17, 15) is 0 Å². The first kappa shape index (κ1) is 35.6. The van der Waals surface area contributed by atoms with E-state index in [1.54, 1.807) is 0 Å². The molecule has 0 atom stereocenters. The van der Waals surface area contributed by atoms with Crippen molar-refractivity contribution in [2.75, 3.05) is 0 Å². The Balaban J connectivity index is 1.21. The first-order valence-corrected chi connectivity index (χ1v) is 18.4. The zero-order valence-electron chi connectivity index (χ0n) is 31.9. The van der Waals surface area contributed by atoms with Crippen LogP contribution in [-0.4, -0.2) is 0 Å². The minimum atomic E-state index is 0.990. The maximum absolute atomic E-state index is 3.36. The molecular weight excluding hydrogens is 649 g/mol. The van der Waals surface area contributed by atoms with Crippen molar-refractivity contribution in [1.82, 2.24) is 0 Å². The van der Waals surface area contributed by atoms with Crippen LogP contribution in [0.15, 0.2) is 146 Å². The predicted octanol–water partition coefficient (Wildman–Crippen LogP) is 12.7. The Kier molecular flexibility index (Phi) is 10.5. The van der Waals surface area contributed by atoms with Crippen LogP contribution < -0.4 is 0 Å². The van der Waals surface area contributed by atoms with Crippen LogP contribution in [0.1, 0.15) is 66.8 Å². The van der Waals surface area contributed by atoms with Gasteiger partial charge in [0, 0.05) is 33.4 Å². The van der Waals surface area contributed by atoms with E-state index in [1.807, 2.05) is 0 Å². The van der Waals surface area contributed by atoms with Crippen LogP contribution in [-0.2, 0) is 0 Å². The van der Waals surface area contributed by atoms with Crippen molar-refractivity contribution >= 4 is 0 Å². The lowest BCUT2D eigenvalue weighted by Gasteiger charge is -2.12. The maximum atomic E-state index is 3.36. The Hall–Kier alpha value is -6.78. The van der Waals surface area contributed by atoms with Gasteiger partial charge >= 0.3 is 0 Å². The molecule has 0 unspecified atom stereocenters. The molecule has 0 saturated heterocycles. The zero-order valence-corrected chi connectivity index (χ0v) is 31.9. The summed E-state index contributed by atoms with van der Waals surface area (Å²) in [6.45, 7) is 12.7. The minimum Gasteiger partial charge on any atom is -0.0617 e. The molecule has 0 radical (unpaired) electrons. The molecule has 0 aliphatic rings. The van der Waals surface area contributed by atoms with Gasteiger partial charge in [-0.1, -0.05) is 90.1 Å². The first-order chi connectivity index (χ1) is 26.1. The maximum Gasteiger partial charge on any atom is 0.0254 e. The fourth-order valence-corrected chi connectivity index (χ4v) is 6.94. The molecule has 7 aromatic rings. The van der Waals surface area contributed by atoms with Gasteiger partial charge in [0.05, 0.1) is 0 Å². The van der Waals surface area contributed by atoms with Crippen LogP contribution in [0.4, 0.5) is 0 Å². The lowest BCUT2D eigenvalue weighted by Crippen LogP contribution is -1.88. The number of benzene rings is 7. The van der Waals surface area contributed by atoms with Crippen molar-refractivity contribution < 1.29 is 0 Å². The monoisotopic (exact) mass is 690 g/mol. The Morgan fingerprint density at radius 3 is 0.630 bits per heavy atom. The molecular formula is C54H42. The molecule has 0 fully saturated rings. The molecule has 0 heteroatoms. The van der Waals surface area contributed by atoms with Crippen molar-refractivity contribution in [3.05, 3.63) is 212 Å². The van der Waals surface area contributed by atoms with Crippen molar-refractivity contribution in [3.63, 3.8) is 0 Å². The molecule has 0 heterocycles. The van der Waals surface area contributed by atoms with Crippen molar-refractivity contribution in [3.8, 4) is 68.9 Å². The molecule has 0 bridgehead atoms. The third-order valence-electron chi connectivity index (χ3n) is 9.31. The smallest absolute Gasteiger partial charge is 0.0254 e. The first-order valence-electron chi connectivity index (χ1n) is 18.4. The second kappa shape index (κ2) is 15.9. The third-order valence-corrected chi connectivity index (χ3v) is 9.31. The highest BCUT2D eigenvalue weighted by Crippen LogP contribution is 2.33.